The fraction of sp³-hybridized carbons (Fsp3) is 0.694. The first-order valence-electron chi connectivity index (χ1n) is 17.2. The SMILES string of the molecule is CC(C)C[C@H](O)[C@H](O)[C@H](CC1CCCCC1)NC(=O)[C@H](CC(=O)N(Cc1ccccc1)CC1(O)CCCCC1)Cc1nccs1. The molecule has 2 saturated carbocycles. The summed E-state index contributed by atoms with van der Waals surface area (Å²) in [7, 11) is 0. The quantitative estimate of drug-likeness (QED) is 0.188. The molecule has 1 heterocycles. The van der Waals surface area contributed by atoms with Crippen molar-refractivity contribution in [1.82, 2.24) is 15.2 Å². The molecule has 4 N–H and O–H groups in total. The topological polar surface area (TPSA) is 123 Å². The summed E-state index contributed by atoms with van der Waals surface area (Å²) in [5.41, 5.74) is 0.0401. The van der Waals surface area contributed by atoms with E-state index in [1.807, 2.05) is 49.6 Å². The summed E-state index contributed by atoms with van der Waals surface area (Å²) in [5.74, 6) is -0.608. The van der Waals surface area contributed by atoms with Gasteiger partial charge in [0.1, 0.15) is 6.10 Å². The van der Waals surface area contributed by atoms with E-state index in [1.54, 1.807) is 11.1 Å². The highest BCUT2D eigenvalue weighted by Gasteiger charge is 2.36. The summed E-state index contributed by atoms with van der Waals surface area (Å²) < 4.78 is 0. The number of carbonyl (C=O) groups excluding carboxylic acids is 2. The van der Waals surface area contributed by atoms with Gasteiger partial charge in [-0.3, -0.25) is 9.59 Å². The molecule has 4 atom stereocenters. The molecule has 1 aromatic heterocycles. The molecule has 45 heavy (non-hydrogen) atoms. The molecule has 4 rings (SSSR count). The van der Waals surface area contributed by atoms with Crippen LogP contribution in [-0.4, -0.2) is 67.4 Å². The molecular weight excluding hydrogens is 586 g/mol. The molecule has 8 nitrogen and oxygen atoms in total. The Morgan fingerprint density at radius 2 is 1.73 bits per heavy atom. The lowest BCUT2D eigenvalue weighted by atomic mass is 9.82. The first-order chi connectivity index (χ1) is 21.6. The molecular formula is C36H55N3O5S. The fourth-order valence-electron chi connectivity index (χ4n) is 7.18. The van der Waals surface area contributed by atoms with E-state index in [4.69, 9.17) is 0 Å². The number of benzene rings is 1. The normalized spacial score (nSPS) is 19.9. The Morgan fingerprint density at radius 1 is 1.04 bits per heavy atom. The average Bonchev–Trinajstić information content (AvgIpc) is 3.54. The minimum atomic E-state index is -1.09. The summed E-state index contributed by atoms with van der Waals surface area (Å²) >= 11 is 1.45. The van der Waals surface area contributed by atoms with Gasteiger partial charge in [0.15, 0.2) is 0 Å². The maximum atomic E-state index is 14.1. The third kappa shape index (κ3) is 11.5. The third-order valence-corrected chi connectivity index (χ3v) is 10.5. The van der Waals surface area contributed by atoms with Gasteiger partial charge in [-0.25, -0.2) is 4.98 Å². The molecule has 0 aliphatic heterocycles. The van der Waals surface area contributed by atoms with Crippen molar-refractivity contribution in [1.29, 1.82) is 0 Å². The molecule has 0 unspecified atom stereocenters. The summed E-state index contributed by atoms with van der Waals surface area (Å²) in [6.45, 7) is 4.60. The minimum Gasteiger partial charge on any atom is -0.390 e. The maximum absolute atomic E-state index is 14.1. The molecule has 2 amide bonds. The highest BCUT2D eigenvalue weighted by atomic mass is 32.1. The van der Waals surface area contributed by atoms with E-state index in [2.05, 4.69) is 10.3 Å². The molecule has 1 aromatic carbocycles. The molecule has 0 bridgehead atoms. The lowest BCUT2D eigenvalue weighted by molar-refractivity contribution is -0.141. The molecule has 2 aliphatic rings. The minimum absolute atomic E-state index is 0.0326. The van der Waals surface area contributed by atoms with Crippen LogP contribution in [0.15, 0.2) is 41.9 Å². The predicted molar refractivity (Wildman–Crippen MR) is 178 cm³/mol. The van der Waals surface area contributed by atoms with Gasteiger partial charge in [0.25, 0.3) is 0 Å². The van der Waals surface area contributed by atoms with E-state index in [0.29, 0.717) is 44.6 Å². The zero-order chi connectivity index (χ0) is 32.2. The molecule has 250 valence electrons. The zero-order valence-electron chi connectivity index (χ0n) is 27.3. The molecule has 9 heteroatoms. The summed E-state index contributed by atoms with van der Waals surface area (Å²) in [5, 5.41) is 39.4. The number of hydrogen-bond acceptors (Lipinski definition) is 7. The number of hydrogen-bond donors (Lipinski definition) is 4. The van der Waals surface area contributed by atoms with Gasteiger partial charge < -0.3 is 25.5 Å². The highest BCUT2D eigenvalue weighted by molar-refractivity contribution is 7.09. The second-order valence-electron chi connectivity index (χ2n) is 14.1. The van der Waals surface area contributed by atoms with E-state index < -0.39 is 29.8 Å². The van der Waals surface area contributed by atoms with Crippen LogP contribution >= 0.6 is 11.3 Å². The first kappa shape index (κ1) is 35.5. The van der Waals surface area contributed by atoms with Gasteiger partial charge in [0.05, 0.1) is 28.7 Å². The van der Waals surface area contributed by atoms with Gasteiger partial charge in [-0.15, -0.1) is 11.3 Å². The van der Waals surface area contributed by atoms with Crippen LogP contribution in [0.1, 0.15) is 108 Å². The first-order valence-corrected chi connectivity index (χ1v) is 18.1. The van der Waals surface area contributed by atoms with Crippen LogP contribution in [0.4, 0.5) is 0 Å². The lowest BCUT2D eigenvalue weighted by Crippen LogP contribution is -2.52. The summed E-state index contributed by atoms with van der Waals surface area (Å²) in [6, 6.07) is 9.17. The van der Waals surface area contributed by atoms with E-state index in [1.165, 1.54) is 17.8 Å². The van der Waals surface area contributed by atoms with E-state index in [0.717, 1.165) is 55.5 Å². The number of aliphatic hydroxyl groups excluding tert-OH is 2. The number of aromatic nitrogens is 1. The number of nitrogens with one attached hydrogen (secondary N) is 1. The van der Waals surface area contributed by atoms with Crippen LogP contribution in [0.2, 0.25) is 0 Å². The predicted octanol–water partition coefficient (Wildman–Crippen LogP) is 5.64. The van der Waals surface area contributed by atoms with Crippen molar-refractivity contribution in [2.24, 2.45) is 17.8 Å². The summed E-state index contributed by atoms with van der Waals surface area (Å²) in [4.78, 5) is 34.3. The molecule has 2 fully saturated rings. The Bertz CT molecular complexity index is 1150. The zero-order valence-corrected chi connectivity index (χ0v) is 28.1. The maximum Gasteiger partial charge on any atom is 0.224 e. The number of carbonyl (C=O) groups is 2. The highest BCUT2D eigenvalue weighted by Crippen LogP contribution is 2.31. The van der Waals surface area contributed by atoms with E-state index in [9.17, 15) is 24.9 Å². The van der Waals surface area contributed by atoms with E-state index in [-0.39, 0.29) is 30.7 Å². The van der Waals surface area contributed by atoms with Gasteiger partial charge in [-0.1, -0.05) is 95.5 Å². The standard InChI is InChI=1S/C36H55N3O5S/c1-26(2)20-31(40)34(42)30(21-27-12-6-3-7-13-27)38-35(43)29(22-32-37-18-19-45-32)23-33(41)39(24-28-14-8-4-9-15-28)25-36(44)16-10-5-11-17-36/h4,8-9,14-15,18-19,26-27,29-31,34,40,42,44H,3,5-7,10-13,16-17,20-25H2,1-2H3,(H,38,43)/t29-,30-,31-,34+/m0/s1. The van der Waals surface area contributed by atoms with Crippen LogP contribution in [0, 0.1) is 17.8 Å². The van der Waals surface area contributed by atoms with Gasteiger partial charge in [0, 0.05) is 37.5 Å². The Labute approximate surface area is 273 Å². The van der Waals surface area contributed by atoms with Gasteiger partial charge in [-0.2, -0.15) is 0 Å². The van der Waals surface area contributed by atoms with Gasteiger partial charge >= 0.3 is 0 Å². The molecule has 0 spiro atoms. The lowest BCUT2D eigenvalue weighted by Gasteiger charge is -2.37. The Kier molecular flexibility index (Phi) is 13.9. The second-order valence-corrected chi connectivity index (χ2v) is 15.1. The van der Waals surface area contributed by atoms with Crippen LogP contribution < -0.4 is 5.32 Å². The van der Waals surface area contributed by atoms with Gasteiger partial charge in [0.2, 0.25) is 11.8 Å². The van der Waals surface area contributed by atoms with Crippen LogP contribution in [0.25, 0.3) is 0 Å². The van der Waals surface area contributed by atoms with Crippen LogP contribution in [0.3, 0.4) is 0 Å². The van der Waals surface area contributed by atoms with E-state index >= 15 is 0 Å². The van der Waals surface area contributed by atoms with Crippen molar-refractivity contribution in [3.63, 3.8) is 0 Å². The van der Waals surface area contributed by atoms with Crippen LogP contribution in [-0.2, 0) is 22.6 Å². The Morgan fingerprint density at radius 3 is 2.38 bits per heavy atom. The van der Waals surface area contributed by atoms with Gasteiger partial charge in [-0.05, 0) is 43.1 Å². The average molecular weight is 642 g/mol. The molecule has 2 aliphatic carbocycles. The fourth-order valence-corrected chi connectivity index (χ4v) is 7.88. The molecule has 0 saturated heterocycles. The van der Waals surface area contributed by atoms with Crippen LogP contribution in [0.5, 0.6) is 0 Å². The third-order valence-electron chi connectivity index (χ3n) is 9.69. The number of thiazole rings is 1. The number of amides is 2. The smallest absolute Gasteiger partial charge is 0.224 e. The number of nitrogens with zero attached hydrogens (tertiary/aromatic N) is 2. The van der Waals surface area contributed by atoms with Crippen molar-refractivity contribution in [2.75, 3.05) is 6.54 Å². The number of aliphatic hydroxyl groups is 3. The molecule has 2 aromatic rings. The van der Waals surface area contributed by atoms with Crippen molar-refractivity contribution < 1.29 is 24.9 Å². The van der Waals surface area contributed by atoms with Crippen molar-refractivity contribution in [3.05, 3.63) is 52.5 Å². The monoisotopic (exact) mass is 641 g/mol. The van der Waals surface area contributed by atoms with Crippen molar-refractivity contribution in [2.45, 2.75) is 134 Å². The Balaban J connectivity index is 1.54. The van der Waals surface area contributed by atoms with Crippen molar-refractivity contribution >= 4 is 23.2 Å². The van der Waals surface area contributed by atoms with Crippen molar-refractivity contribution in [3.8, 4) is 0 Å². The second kappa shape index (κ2) is 17.5. The largest absolute Gasteiger partial charge is 0.390 e. The summed E-state index contributed by atoms with van der Waals surface area (Å²) in [6.07, 6.45) is 10.9. The Hall–Kier alpha value is -2.33. The number of rotatable bonds is 16. The molecule has 0 radical (unpaired) electrons.